The summed E-state index contributed by atoms with van der Waals surface area (Å²) in [6, 6.07) is 17.4. The summed E-state index contributed by atoms with van der Waals surface area (Å²) in [4.78, 5) is 16.0. The van der Waals surface area contributed by atoms with Gasteiger partial charge in [0.25, 0.3) is 0 Å². The van der Waals surface area contributed by atoms with Crippen LogP contribution in [-0.2, 0) is 6.42 Å². The molecule has 1 amide bonds. The molecule has 1 heterocycles. The third kappa shape index (κ3) is 2.71. The Morgan fingerprint density at radius 3 is 2.52 bits per heavy atom. The lowest BCUT2D eigenvalue weighted by Crippen LogP contribution is -2.21. The zero-order valence-electron chi connectivity index (χ0n) is 13.6. The van der Waals surface area contributed by atoms with Crippen molar-refractivity contribution in [3.05, 3.63) is 89.2 Å². The van der Waals surface area contributed by atoms with Gasteiger partial charge in [-0.05, 0) is 58.5 Å². The molecule has 3 N–H and O–H groups in total. The van der Waals surface area contributed by atoms with Gasteiger partial charge in [-0.1, -0.05) is 30.3 Å². The highest BCUT2D eigenvalue weighted by Gasteiger charge is 2.34. The Hall–Kier alpha value is -2.98. The molecule has 2 aromatic carbocycles. The van der Waals surface area contributed by atoms with Gasteiger partial charge in [-0.25, -0.2) is 0 Å². The first-order chi connectivity index (χ1) is 12.1. The number of carbonyl (C=O) groups excluding carboxylic acids is 1. The van der Waals surface area contributed by atoms with E-state index in [1.165, 1.54) is 0 Å². The number of aliphatic hydroxyl groups is 1. The number of pyridine rings is 1. The number of nitrogens with two attached hydrogens (primary N) is 1. The Morgan fingerprint density at radius 1 is 1.00 bits per heavy atom. The Kier molecular flexibility index (Phi) is 3.82. The fraction of sp³-hybridized carbons (Fsp3) is 0.143. The van der Waals surface area contributed by atoms with Gasteiger partial charge in [0.05, 0.1) is 6.10 Å². The van der Waals surface area contributed by atoms with Crippen molar-refractivity contribution in [2.24, 2.45) is 5.73 Å². The van der Waals surface area contributed by atoms with Crippen molar-refractivity contribution in [1.29, 1.82) is 0 Å². The molecule has 0 fully saturated rings. The van der Waals surface area contributed by atoms with Gasteiger partial charge in [-0.2, -0.15) is 0 Å². The van der Waals surface area contributed by atoms with E-state index in [0.29, 0.717) is 12.0 Å². The smallest absolute Gasteiger partial charge is 0.249 e. The summed E-state index contributed by atoms with van der Waals surface area (Å²) in [5.74, 6) is -0.728. The van der Waals surface area contributed by atoms with Crippen LogP contribution in [0, 0.1) is 0 Å². The van der Waals surface area contributed by atoms with Crippen molar-refractivity contribution < 1.29 is 9.90 Å². The summed E-state index contributed by atoms with van der Waals surface area (Å²) < 4.78 is 0. The number of hydrogen-bond donors (Lipinski definition) is 2. The first-order valence-corrected chi connectivity index (χ1v) is 8.25. The number of benzene rings is 2. The molecule has 1 aliphatic rings. The standard InChI is InChI=1S/C21H18N2O2/c22-21(25)17-6-5-14(13-7-9-23-10-8-13)11-18(17)20-16-4-2-1-3-15(16)12-19(20)24/h1-11,19-20,24H,12H2,(H2,22,25)/t19-,20+/m0/s1. The number of aliphatic hydroxyl groups excluding tert-OH is 1. The average molecular weight is 330 g/mol. The number of rotatable bonds is 3. The lowest BCUT2D eigenvalue weighted by atomic mass is 9.86. The summed E-state index contributed by atoms with van der Waals surface area (Å²) in [5, 5.41) is 10.7. The highest BCUT2D eigenvalue weighted by Crippen LogP contribution is 2.40. The van der Waals surface area contributed by atoms with Crippen LogP contribution in [0.4, 0.5) is 0 Å². The number of fused-ring (bicyclic) bond motifs is 1. The number of hydrogen-bond acceptors (Lipinski definition) is 3. The fourth-order valence-electron chi connectivity index (χ4n) is 3.72. The summed E-state index contributed by atoms with van der Waals surface area (Å²) >= 11 is 0. The Labute approximate surface area is 146 Å². The largest absolute Gasteiger partial charge is 0.392 e. The molecule has 4 nitrogen and oxygen atoms in total. The fourth-order valence-corrected chi connectivity index (χ4v) is 3.72. The Morgan fingerprint density at radius 2 is 1.76 bits per heavy atom. The molecular formula is C21H18N2O2. The van der Waals surface area contributed by atoms with Crippen molar-refractivity contribution in [1.82, 2.24) is 4.98 Å². The van der Waals surface area contributed by atoms with E-state index in [4.69, 9.17) is 5.73 Å². The summed E-state index contributed by atoms with van der Waals surface area (Å²) in [6.45, 7) is 0. The molecule has 0 unspecified atom stereocenters. The molecule has 0 radical (unpaired) electrons. The molecule has 0 saturated carbocycles. The lowest BCUT2D eigenvalue weighted by molar-refractivity contribution is 0.0998. The summed E-state index contributed by atoms with van der Waals surface area (Å²) in [7, 11) is 0. The second-order valence-corrected chi connectivity index (χ2v) is 6.35. The van der Waals surface area contributed by atoms with Crippen LogP contribution in [0.25, 0.3) is 11.1 Å². The van der Waals surface area contributed by atoms with Crippen LogP contribution in [0.15, 0.2) is 67.0 Å². The van der Waals surface area contributed by atoms with E-state index >= 15 is 0 Å². The molecule has 25 heavy (non-hydrogen) atoms. The zero-order valence-corrected chi connectivity index (χ0v) is 13.6. The van der Waals surface area contributed by atoms with E-state index in [9.17, 15) is 9.90 Å². The van der Waals surface area contributed by atoms with Crippen molar-refractivity contribution in [2.45, 2.75) is 18.4 Å². The maximum absolute atomic E-state index is 12.0. The van der Waals surface area contributed by atoms with Gasteiger partial charge in [0, 0.05) is 23.9 Å². The minimum absolute atomic E-state index is 0.250. The predicted octanol–water partition coefficient (Wildman–Crippen LogP) is 2.90. The van der Waals surface area contributed by atoms with E-state index < -0.39 is 12.0 Å². The Balaban J connectivity index is 1.89. The van der Waals surface area contributed by atoms with Crippen molar-refractivity contribution in [3.63, 3.8) is 0 Å². The third-order valence-corrected chi connectivity index (χ3v) is 4.87. The molecule has 1 aliphatic carbocycles. The SMILES string of the molecule is NC(=O)c1ccc(-c2ccncc2)cc1[C@H]1c2ccccc2C[C@@H]1O. The van der Waals surface area contributed by atoms with Gasteiger partial charge >= 0.3 is 0 Å². The van der Waals surface area contributed by atoms with Crippen molar-refractivity contribution in [3.8, 4) is 11.1 Å². The minimum Gasteiger partial charge on any atom is -0.392 e. The normalized spacial score (nSPS) is 18.8. The molecular weight excluding hydrogens is 312 g/mol. The van der Waals surface area contributed by atoms with Crippen molar-refractivity contribution in [2.75, 3.05) is 0 Å². The van der Waals surface area contributed by atoms with Crippen LogP contribution in [-0.4, -0.2) is 22.1 Å². The molecule has 124 valence electrons. The topological polar surface area (TPSA) is 76.2 Å². The molecule has 3 aromatic rings. The number of aromatic nitrogens is 1. The Bertz CT molecular complexity index is 938. The zero-order chi connectivity index (χ0) is 17.4. The van der Waals surface area contributed by atoms with E-state index in [0.717, 1.165) is 27.8 Å². The summed E-state index contributed by atoms with van der Waals surface area (Å²) in [6.07, 6.45) is 3.48. The van der Waals surface area contributed by atoms with Crippen LogP contribution < -0.4 is 5.73 Å². The molecule has 4 rings (SSSR count). The van der Waals surface area contributed by atoms with E-state index in [-0.39, 0.29) is 5.92 Å². The minimum atomic E-state index is -0.566. The highest BCUT2D eigenvalue weighted by atomic mass is 16.3. The van der Waals surface area contributed by atoms with Gasteiger partial charge in [0.2, 0.25) is 5.91 Å². The van der Waals surface area contributed by atoms with Crippen molar-refractivity contribution >= 4 is 5.91 Å². The predicted molar refractivity (Wildman–Crippen MR) is 96.2 cm³/mol. The van der Waals surface area contributed by atoms with E-state index in [1.54, 1.807) is 18.5 Å². The number of nitrogens with zero attached hydrogens (tertiary/aromatic N) is 1. The van der Waals surface area contributed by atoms with Crippen LogP contribution in [0.3, 0.4) is 0 Å². The first-order valence-electron chi connectivity index (χ1n) is 8.25. The van der Waals surface area contributed by atoms with Crippen LogP contribution in [0.1, 0.15) is 33.0 Å². The van der Waals surface area contributed by atoms with Gasteiger partial charge in [0.15, 0.2) is 0 Å². The van der Waals surface area contributed by atoms with Crippen LogP contribution in [0.5, 0.6) is 0 Å². The monoisotopic (exact) mass is 330 g/mol. The molecule has 4 heteroatoms. The quantitative estimate of drug-likeness (QED) is 0.775. The highest BCUT2D eigenvalue weighted by molar-refractivity contribution is 5.95. The molecule has 2 atom stereocenters. The average Bonchev–Trinajstić information content (AvgIpc) is 2.97. The maximum Gasteiger partial charge on any atom is 0.249 e. The summed E-state index contributed by atoms with van der Waals surface area (Å²) in [5.41, 5.74) is 11.0. The van der Waals surface area contributed by atoms with E-state index in [1.807, 2.05) is 48.5 Å². The van der Waals surface area contributed by atoms with Gasteiger partial charge in [-0.3, -0.25) is 9.78 Å². The maximum atomic E-state index is 12.0. The van der Waals surface area contributed by atoms with Gasteiger partial charge in [-0.15, -0.1) is 0 Å². The second-order valence-electron chi connectivity index (χ2n) is 6.35. The molecule has 1 aromatic heterocycles. The number of primary amides is 1. The van der Waals surface area contributed by atoms with Crippen LogP contribution >= 0.6 is 0 Å². The number of amides is 1. The second kappa shape index (κ2) is 6.15. The third-order valence-electron chi connectivity index (χ3n) is 4.87. The molecule has 0 saturated heterocycles. The number of carbonyl (C=O) groups is 1. The first kappa shape index (κ1) is 15.5. The van der Waals surface area contributed by atoms with Crippen LogP contribution in [0.2, 0.25) is 0 Å². The lowest BCUT2D eigenvalue weighted by Gasteiger charge is -2.20. The molecule has 0 bridgehead atoms. The molecule has 0 aliphatic heterocycles. The van der Waals surface area contributed by atoms with E-state index in [2.05, 4.69) is 4.98 Å². The van der Waals surface area contributed by atoms with Gasteiger partial charge < -0.3 is 10.8 Å². The molecule has 0 spiro atoms. The van der Waals surface area contributed by atoms with Gasteiger partial charge in [0.1, 0.15) is 0 Å².